The molecule has 0 saturated heterocycles. The molecular weight excluding hydrogens is 566 g/mol. The van der Waals surface area contributed by atoms with Crippen LogP contribution in [0.3, 0.4) is 0 Å². The number of ether oxygens (including phenoxy) is 1. The summed E-state index contributed by atoms with van der Waals surface area (Å²) < 4.78 is 6.75. The third-order valence-electron chi connectivity index (χ3n) is 5.50. The molecule has 1 aromatic carbocycles. The molecule has 0 unspecified atom stereocenters. The maximum absolute atomic E-state index is 13.5. The lowest BCUT2D eigenvalue weighted by atomic mass is 9.88. The van der Waals surface area contributed by atoms with Crippen LogP contribution in [0, 0.1) is 11.5 Å². The molecule has 9 heteroatoms. The number of nitrogens with zero attached hydrogens (tertiary/aromatic N) is 2. The molecule has 0 radical (unpaired) electrons. The molecule has 1 amide bonds. The highest BCUT2D eigenvalue weighted by Gasteiger charge is 2.44. The molecule has 1 aliphatic rings. The maximum atomic E-state index is 13.5. The molecule has 3 aromatic rings. The molecule has 0 bridgehead atoms. The lowest BCUT2D eigenvalue weighted by molar-refractivity contribution is -0.153. The van der Waals surface area contributed by atoms with Gasteiger partial charge in [0.2, 0.25) is 0 Å². The Bertz CT molecular complexity index is 1300. The van der Waals surface area contributed by atoms with E-state index < -0.39 is 32.0 Å². The van der Waals surface area contributed by atoms with E-state index in [1.54, 1.807) is 11.1 Å². The largest absolute Gasteiger partial charge is 0.467 e. The number of aromatic nitrogens is 2. The molecule has 1 aliphatic heterocycles. The van der Waals surface area contributed by atoms with E-state index in [4.69, 9.17) is 4.74 Å². The Labute approximate surface area is 210 Å². The van der Waals surface area contributed by atoms with Crippen LogP contribution < -0.4 is 0 Å². The summed E-state index contributed by atoms with van der Waals surface area (Å²) in [6.45, 7) is 6.22. The van der Waals surface area contributed by atoms with Crippen LogP contribution in [0.4, 0.5) is 0 Å². The van der Waals surface area contributed by atoms with Crippen molar-refractivity contribution >= 4 is 62.7 Å². The number of fused-ring (bicyclic) bond motifs is 3. The van der Waals surface area contributed by atoms with Crippen molar-refractivity contribution in [3.63, 3.8) is 0 Å². The minimum Gasteiger partial charge on any atom is -0.467 e. The van der Waals surface area contributed by atoms with E-state index >= 15 is 0 Å². The fourth-order valence-electron chi connectivity index (χ4n) is 4.08. The smallest absolute Gasteiger partial charge is 0.328 e. The first-order valence-corrected chi connectivity index (χ1v) is 15.5. The van der Waals surface area contributed by atoms with Gasteiger partial charge in [-0.1, -0.05) is 41.6 Å². The third kappa shape index (κ3) is 4.79. The van der Waals surface area contributed by atoms with Crippen LogP contribution >= 0.6 is 31.9 Å². The second kappa shape index (κ2) is 9.09. The first kappa shape index (κ1) is 23.7. The molecule has 0 aliphatic carbocycles. The predicted octanol–water partition coefficient (Wildman–Crippen LogP) is 4.98. The number of nitrogens with one attached hydrogen (secondary N) is 1. The number of hydrogen-bond acceptors (Lipinski definition) is 4. The average molecular weight is 589 g/mol. The summed E-state index contributed by atoms with van der Waals surface area (Å²) >= 11 is 6.92. The molecule has 2 aromatic heterocycles. The SMILES string of the molecule is COC(=O)[C@H]1Cc2c([nH]c3ccc(Br)cc23)[C@@H](c2ccc(Br)nc2)N1C(=O)C#C[Si](C)(C)C. The number of H-pyrrole nitrogens is 1. The van der Waals surface area contributed by atoms with Gasteiger partial charge < -0.3 is 14.6 Å². The number of rotatable bonds is 2. The lowest BCUT2D eigenvalue weighted by Gasteiger charge is -2.39. The quantitative estimate of drug-likeness (QED) is 0.198. The summed E-state index contributed by atoms with van der Waals surface area (Å²) in [4.78, 5) is 35.9. The number of amides is 1. The van der Waals surface area contributed by atoms with Crippen LogP contribution in [-0.4, -0.2) is 48.0 Å². The third-order valence-corrected chi connectivity index (χ3v) is 7.34. The topological polar surface area (TPSA) is 75.3 Å². The standard InChI is InChI=1S/C24H23Br2N3O3Si/c1-32-24(31)19-12-17-16-11-15(25)6-7-18(16)28-22(17)23(14-5-8-20(26)27-13-14)29(19)21(30)9-10-33(2,3)4/h5-8,11,13,19,23,28H,12H2,1-4H3/t19-,23-/m1/s1. The highest BCUT2D eigenvalue weighted by atomic mass is 79.9. The van der Waals surface area contributed by atoms with E-state index in [0.717, 1.165) is 32.2 Å². The van der Waals surface area contributed by atoms with Gasteiger partial charge >= 0.3 is 5.97 Å². The van der Waals surface area contributed by atoms with Crippen LogP contribution in [0.25, 0.3) is 10.9 Å². The number of methoxy groups -OCH3 is 1. The minimum absolute atomic E-state index is 0.333. The van der Waals surface area contributed by atoms with Crippen molar-refractivity contribution in [3.8, 4) is 11.5 Å². The zero-order valence-electron chi connectivity index (χ0n) is 18.7. The van der Waals surface area contributed by atoms with Crippen molar-refractivity contribution in [2.45, 2.75) is 38.1 Å². The summed E-state index contributed by atoms with van der Waals surface area (Å²) in [7, 11) is -0.467. The second-order valence-corrected chi connectivity index (χ2v) is 15.5. The molecule has 4 rings (SSSR count). The number of hydrogen-bond donors (Lipinski definition) is 1. The Hall–Kier alpha value is -2.41. The van der Waals surface area contributed by atoms with Crippen LogP contribution in [-0.2, 0) is 20.7 Å². The lowest BCUT2D eigenvalue weighted by Crippen LogP contribution is -2.51. The van der Waals surface area contributed by atoms with E-state index in [1.165, 1.54) is 7.11 Å². The molecule has 0 fully saturated rings. The number of halogens is 2. The monoisotopic (exact) mass is 587 g/mol. The van der Waals surface area contributed by atoms with Gasteiger partial charge in [-0.3, -0.25) is 4.79 Å². The van der Waals surface area contributed by atoms with E-state index in [9.17, 15) is 9.59 Å². The van der Waals surface area contributed by atoms with Gasteiger partial charge in [-0.05, 0) is 57.2 Å². The van der Waals surface area contributed by atoms with Crippen molar-refractivity contribution in [1.29, 1.82) is 0 Å². The summed E-state index contributed by atoms with van der Waals surface area (Å²) in [5.74, 6) is 1.96. The molecule has 1 N–H and O–H groups in total. The highest BCUT2D eigenvalue weighted by Crippen LogP contribution is 2.41. The maximum Gasteiger partial charge on any atom is 0.328 e. The van der Waals surface area contributed by atoms with E-state index in [0.29, 0.717) is 11.0 Å². The fourth-order valence-corrected chi connectivity index (χ4v) is 5.16. The average Bonchev–Trinajstić information content (AvgIpc) is 3.13. The number of carbonyl (C=O) groups is 2. The molecule has 0 saturated carbocycles. The van der Waals surface area contributed by atoms with Crippen LogP contribution in [0.5, 0.6) is 0 Å². The van der Waals surface area contributed by atoms with Gasteiger partial charge in [0, 0.05) is 33.7 Å². The van der Waals surface area contributed by atoms with E-state index in [-0.39, 0.29) is 0 Å². The van der Waals surface area contributed by atoms with Crippen molar-refractivity contribution < 1.29 is 14.3 Å². The number of carbonyl (C=O) groups excluding carboxylic acids is 2. The van der Waals surface area contributed by atoms with Crippen molar-refractivity contribution in [2.24, 2.45) is 0 Å². The predicted molar refractivity (Wildman–Crippen MR) is 137 cm³/mol. The van der Waals surface area contributed by atoms with E-state index in [2.05, 4.69) is 72.9 Å². The molecule has 2 atom stereocenters. The van der Waals surface area contributed by atoms with Gasteiger partial charge in [-0.2, -0.15) is 0 Å². The van der Waals surface area contributed by atoms with Gasteiger partial charge in [-0.25, -0.2) is 9.78 Å². The Morgan fingerprint density at radius 2 is 1.97 bits per heavy atom. The highest BCUT2D eigenvalue weighted by molar-refractivity contribution is 9.10. The van der Waals surface area contributed by atoms with Crippen LogP contribution in [0.15, 0.2) is 45.6 Å². The van der Waals surface area contributed by atoms with Crippen molar-refractivity contribution in [1.82, 2.24) is 14.9 Å². The Morgan fingerprint density at radius 1 is 1.21 bits per heavy atom. The molecule has 170 valence electrons. The van der Waals surface area contributed by atoms with Crippen molar-refractivity contribution in [2.75, 3.05) is 7.11 Å². The van der Waals surface area contributed by atoms with Gasteiger partial charge in [0.25, 0.3) is 5.91 Å². The Balaban J connectivity index is 1.97. The first-order chi connectivity index (χ1) is 15.6. The van der Waals surface area contributed by atoms with Gasteiger partial charge in [0.1, 0.15) is 24.8 Å². The Morgan fingerprint density at radius 3 is 2.61 bits per heavy atom. The summed E-state index contributed by atoms with van der Waals surface area (Å²) in [5, 5.41) is 1.00. The number of aromatic amines is 1. The molecular formula is C24H23Br2N3O3Si. The van der Waals surface area contributed by atoms with Crippen LogP contribution in [0.1, 0.15) is 22.9 Å². The molecule has 0 spiro atoms. The fraction of sp³-hybridized carbons (Fsp3) is 0.292. The van der Waals surface area contributed by atoms with Gasteiger partial charge in [-0.15, -0.1) is 5.54 Å². The van der Waals surface area contributed by atoms with Crippen molar-refractivity contribution in [3.05, 3.63) is 62.4 Å². The summed E-state index contributed by atoms with van der Waals surface area (Å²) in [6.07, 6.45) is 2.05. The minimum atomic E-state index is -1.81. The second-order valence-electron chi connectivity index (χ2n) is 8.98. The Kier molecular flexibility index (Phi) is 6.53. The van der Waals surface area contributed by atoms with Gasteiger partial charge in [0.05, 0.1) is 7.11 Å². The van der Waals surface area contributed by atoms with Crippen LogP contribution in [0.2, 0.25) is 19.6 Å². The summed E-state index contributed by atoms with van der Waals surface area (Å²) in [6, 6.07) is 8.33. The molecule has 33 heavy (non-hydrogen) atoms. The number of pyridine rings is 1. The molecule has 6 nitrogen and oxygen atoms in total. The zero-order chi connectivity index (χ0) is 23.9. The first-order valence-electron chi connectivity index (χ1n) is 10.4. The summed E-state index contributed by atoms with van der Waals surface area (Å²) in [5.41, 5.74) is 6.70. The van der Waals surface area contributed by atoms with Gasteiger partial charge in [0.15, 0.2) is 0 Å². The molecule has 3 heterocycles. The number of benzene rings is 1. The van der Waals surface area contributed by atoms with E-state index in [1.807, 2.05) is 30.3 Å². The normalized spacial score (nSPS) is 17.8. The number of esters is 1. The zero-order valence-corrected chi connectivity index (χ0v) is 22.9.